The predicted molar refractivity (Wildman–Crippen MR) is 80.7 cm³/mol. The fourth-order valence-corrected chi connectivity index (χ4v) is 3.72. The molecular weight excluding hydrogens is 337 g/mol. The molecule has 0 aliphatic carbocycles. The molecule has 1 aliphatic rings. The van der Waals surface area contributed by atoms with Gasteiger partial charge in [-0.3, -0.25) is 4.79 Å². The molecule has 0 N–H and O–H groups in total. The molecule has 0 radical (unpaired) electrons. The third-order valence-corrected chi connectivity index (χ3v) is 4.97. The van der Waals surface area contributed by atoms with E-state index >= 15 is 0 Å². The Morgan fingerprint density at radius 1 is 1.43 bits per heavy atom. The summed E-state index contributed by atoms with van der Waals surface area (Å²) < 4.78 is 28.3. The van der Waals surface area contributed by atoms with Crippen molar-refractivity contribution in [3.8, 4) is 5.75 Å². The molecule has 5 nitrogen and oxygen atoms in total. The maximum absolute atomic E-state index is 12.6. The number of likely N-dealkylation sites (tertiary alicyclic amines) is 1. The molecule has 21 heavy (non-hydrogen) atoms. The predicted octanol–water partition coefficient (Wildman–Crippen LogP) is 2.76. The molecule has 1 aromatic carbocycles. The molecule has 1 fully saturated rings. The molecule has 2 rings (SSSR count). The number of carbonyl (C=O) groups excluding carboxylic acids is 1. The standard InChI is InChI=1S/C13H15Cl2NO4S/c1-8-3-4-16(7-8)13(17)10-5-9(14)6-11(12(10)20-2)21(15,18)19/h5-6,8H,3-4,7H2,1-2H3. The number of hydrogen-bond acceptors (Lipinski definition) is 4. The average molecular weight is 352 g/mol. The van der Waals surface area contributed by atoms with Gasteiger partial charge in [0.2, 0.25) is 0 Å². The van der Waals surface area contributed by atoms with Gasteiger partial charge in [0, 0.05) is 28.8 Å². The number of methoxy groups -OCH3 is 1. The van der Waals surface area contributed by atoms with E-state index in [-0.39, 0.29) is 27.1 Å². The highest BCUT2D eigenvalue weighted by Crippen LogP contribution is 2.35. The molecular formula is C13H15Cl2NO4S. The van der Waals surface area contributed by atoms with Crippen molar-refractivity contribution in [2.75, 3.05) is 20.2 Å². The molecule has 0 saturated carbocycles. The summed E-state index contributed by atoms with van der Waals surface area (Å²) in [5.41, 5.74) is 0.110. The molecule has 116 valence electrons. The Morgan fingerprint density at radius 3 is 2.57 bits per heavy atom. The number of hydrogen-bond donors (Lipinski definition) is 0. The Kier molecular flexibility index (Phi) is 4.70. The second-order valence-electron chi connectivity index (χ2n) is 5.07. The number of amides is 1. The highest BCUT2D eigenvalue weighted by atomic mass is 35.7. The van der Waals surface area contributed by atoms with Crippen LogP contribution in [-0.2, 0) is 9.05 Å². The Balaban J connectivity index is 2.53. The van der Waals surface area contributed by atoms with E-state index in [4.69, 9.17) is 27.0 Å². The third-order valence-electron chi connectivity index (χ3n) is 3.43. The van der Waals surface area contributed by atoms with Gasteiger partial charge in [-0.25, -0.2) is 8.42 Å². The highest BCUT2D eigenvalue weighted by Gasteiger charge is 2.30. The van der Waals surface area contributed by atoms with Gasteiger partial charge in [-0.1, -0.05) is 18.5 Å². The fourth-order valence-electron chi connectivity index (χ4n) is 2.41. The molecule has 1 heterocycles. The third kappa shape index (κ3) is 3.44. The molecule has 0 spiro atoms. The molecule has 0 bridgehead atoms. The van der Waals surface area contributed by atoms with Crippen LogP contribution in [0.3, 0.4) is 0 Å². The average Bonchev–Trinajstić information content (AvgIpc) is 2.82. The highest BCUT2D eigenvalue weighted by molar-refractivity contribution is 8.13. The minimum atomic E-state index is -4.07. The number of halogens is 2. The Bertz CT molecular complexity index is 675. The largest absolute Gasteiger partial charge is 0.494 e. The molecule has 1 saturated heterocycles. The summed E-state index contributed by atoms with van der Waals surface area (Å²) in [5.74, 6) is 0.0366. The van der Waals surface area contributed by atoms with Crippen LogP contribution in [0.4, 0.5) is 0 Å². The summed E-state index contributed by atoms with van der Waals surface area (Å²) in [6, 6.07) is 2.57. The lowest BCUT2D eigenvalue weighted by Crippen LogP contribution is -2.29. The van der Waals surface area contributed by atoms with Crippen molar-refractivity contribution in [2.45, 2.75) is 18.2 Å². The van der Waals surface area contributed by atoms with E-state index in [0.717, 1.165) is 6.42 Å². The second kappa shape index (κ2) is 6.02. The van der Waals surface area contributed by atoms with Crippen LogP contribution in [0.1, 0.15) is 23.7 Å². The van der Waals surface area contributed by atoms with Crippen LogP contribution >= 0.6 is 22.3 Å². The molecule has 1 aliphatic heterocycles. The van der Waals surface area contributed by atoms with Crippen molar-refractivity contribution in [3.05, 3.63) is 22.7 Å². The van der Waals surface area contributed by atoms with E-state index in [0.29, 0.717) is 19.0 Å². The van der Waals surface area contributed by atoms with Gasteiger partial charge in [0.25, 0.3) is 15.0 Å². The van der Waals surface area contributed by atoms with E-state index in [2.05, 4.69) is 6.92 Å². The molecule has 0 aromatic heterocycles. The minimum Gasteiger partial charge on any atom is -0.494 e. The smallest absolute Gasteiger partial charge is 0.265 e. The van der Waals surface area contributed by atoms with Crippen LogP contribution in [0, 0.1) is 5.92 Å². The molecule has 1 atom stereocenters. The van der Waals surface area contributed by atoms with Crippen LogP contribution in [0.25, 0.3) is 0 Å². The summed E-state index contributed by atoms with van der Waals surface area (Å²) in [4.78, 5) is 13.9. The summed E-state index contributed by atoms with van der Waals surface area (Å²) >= 11 is 5.92. The number of carbonyl (C=O) groups is 1. The van der Waals surface area contributed by atoms with E-state index in [1.807, 2.05) is 0 Å². The van der Waals surface area contributed by atoms with E-state index in [1.165, 1.54) is 19.2 Å². The van der Waals surface area contributed by atoms with Crippen LogP contribution in [0.2, 0.25) is 5.02 Å². The van der Waals surface area contributed by atoms with Crippen molar-refractivity contribution < 1.29 is 17.9 Å². The Labute approximate surface area is 133 Å². The number of ether oxygens (including phenoxy) is 1. The summed E-state index contributed by atoms with van der Waals surface area (Å²) in [5, 5.41) is 0.116. The van der Waals surface area contributed by atoms with Gasteiger partial charge in [-0.2, -0.15) is 0 Å². The van der Waals surface area contributed by atoms with Crippen molar-refractivity contribution in [2.24, 2.45) is 5.92 Å². The zero-order chi connectivity index (χ0) is 15.8. The number of rotatable bonds is 3. The number of nitrogens with zero attached hydrogens (tertiary/aromatic N) is 1. The van der Waals surface area contributed by atoms with Gasteiger partial charge in [0.05, 0.1) is 12.7 Å². The quantitative estimate of drug-likeness (QED) is 0.785. The first-order valence-electron chi connectivity index (χ1n) is 6.35. The first kappa shape index (κ1) is 16.4. The van der Waals surface area contributed by atoms with Gasteiger partial charge < -0.3 is 9.64 Å². The van der Waals surface area contributed by atoms with Crippen LogP contribution < -0.4 is 4.74 Å². The van der Waals surface area contributed by atoms with E-state index in [1.54, 1.807) is 4.90 Å². The van der Waals surface area contributed by atoms with Gasteiger partial charge in [-0.05, 0) is 24.5 Å². The van der Waals surface area contributed by atoms with Gasteiger partial charge in [0.1, 0.15) is 4.90 Å². The van der Waals surface area contributed by atoms with Crippen molar-refractivity contribution >= 4 is 37.2 Å². The summed E-state index contributed by atoms with van der Waals surface area (Å²) in [7, 11) is 2.61. The molecule has 1 unspecified atom stereocenters. The zero-order valence-electron chi connectivity index (χ0n) is 11.6. The Hall–Kier alpha value is -0.980. The molecule has 1 amide bonds. The lowest BCUT2D eigenvalue weighted by Gasteiger charge is -2.19. The number of benzene rings is 1. The normalized spacial score (nSPS) is 18.9. The second-order valence-corrected chi connectivity index (χ2v) is 8.04. The lowest BCUT2D eigenvalue weighted by molar-refractivity contribution is 0.0784. The first-order chi connectivity index (χ1) is 9.74. The van der Waals surface area contributed by atoms with E-state index in [9.17, 15) is 13.2 Å². The zero-order valence-corrected chi connectivity index (χ0v) is 13.9. The Morgan fingerprint density at radius 2 is 2.10 bits per heavy atom. The van der Waals surface area contributed by atoms with Crippen molar-refractivity contribution in [3.63, 3.8) is 0 Å². The van der Waals surface area contributed by atoms with Crippen molar-refractivity contribution in [1.82, 2.24) is 4.90 Å². The SMILES string of the molecule is COc1c(C(=O)N2CCC(C)C2)cc(Cl)cc1S(=O)(=O)Cl. The summed E-state index contributed by atoms with van der Waals surface area (Å²) in [6.45, 7) is 3.30. The monoisotopic (exact) mass is 351 g/mol. The van der Waals surface area contributed by atoms with Crippen LogP contribution in [-0.4, -0.2) is 39.4 Å². The maximum Gasteiger partial charge on any atom is 0.265 e. The lowest BCUT2D eigenvalue weighted by atomic mass is 10.1. The molecule has 8 heteroatoms. The van der Waals surface area contributed by atoms with Gasteiger partial charge >= 0.3 is 0 Å². The van der Waals surface area contributed by atoms with Gasteiger partial charge in [-0.15, -0.1) is 0 Å². The van der Waals surface area contributed by atoms with Gasteiger partial charge in [0.15, 0.2) is 5.75 Å². The fraction of sp³-hybridized carbons (Fsp3) is 0.462. The molecule has 1 aromatic rings. The minimum absolute atomic E-state index is 0.0704. The van der Waals surface area contributed by atoms with Crippen LogP contribution in [0.5, 0.6) is 5.75 Å². The summed E-state index contributed by atoms with van der Waals surface area (Å²) in [6.07, 6.45) is 0.912. The maximum atomic E-state index is 12.6. The van der Waals surface area contributed by atoms with Crippen LogP contribution in [0.15, 0.2) is 17.0 Å². The van der Waals surface area contributed by atoms with E-state index < -0.39 is 9.05 Å². The van der Waals surface area contributed by atoms with Crippen molar-refractivity contribution in [1.29, 1.82) is 0 Å². The topological polar surface area (TPSA) is 63.7 Å². The first-order valence-corrected chi connectivity index (χ1v) is 9.04.